The molecule has 1 aliphatic heterocycles. The van der Waals surface area contributed by atoms with E-state index in [1.54, 1.807) is 0 Å². The van der Waals surface area contributed by atoms with E-state index in [1.807, 2.05) is 37.3 Å². The van der Waals surface area contributed by atoms with Crippen molar-refractivity contribution in [1.29, 1.82) is 0 Å². The first kappa shape index (κ1) is 21.0. The summed E-state index contributed by atoms with van der Waals surface area (Å²) in [4.78, 5) is 27.0. The number of hydrogen-bond donors (Lipinski definition) is 1. The number of carbonyl (C=O) groups is 1. The van der Waals surface area contributed by atoms with E-state index in [0.29, 0.717) is 12.5 Å². The molecular weight excluding hydrogens is 368 g/mol. The molecule has 7 nitrogen and oxygen atoms in total. The van der Waals surface area contributed by atoms with E-state index >= 15 is 0 Å². The van der Waals surface area contributed by atoms with Gasteiger partial charge >= 0.3 is 0 Å². The highest BCUT2D eigenvalue weighted by molar-refractivity contribution is 5.92. The lowest BCUT2D eigenvalue weighted by Crippen LogP contribution is -2.45. The van der Waals surface area contributed by atoms with Crippen molar-refractivity contribution in [3.63, 3.8) is 0 Å². The van der Waals surface area contributed by atoms with E-state index in [2.05, 4.69) is 22.2 Å². The number of nitrogens with one attached hydrogen (secondary N) is 1. The molecule has 7 heteroatoms. The molecule has 29 heavy (non-hydrogen) atoms. The third-order valence-corrected chi connectivity index (χ3v) is 5.06. The average molecular weight is 399 g/mol. The standard InChI is InChI=1S/C22H30N4O3/c1-17-7-6-12-25(15-17)16-18(2)23-22(28)20-10-11-21(27)26(24-20)13-14-29-19-8-4-3-5-9-19/h3-5,8-11,17-18H,6-7,12-16H2,1-2H3,(H,23,28). The second-order valence-electron chi connectivity index (χ2n) is 7.82. The average Bonchev–Trinajstić information content (AvgIpc) is 2.70. The van der Waals surface area contributed by atoms with Crippen LogP contribution in [0, 0.1) is 5.92 Å². The van der Waals surface area contributed by atoms with Crippen LogP contribution in [0.2, 0.25) is 0 Å². The summed E-state index contributed by atoms with van der Waals surface area (Å²) in [6.45, 7) is 7.81. The smallest absolute Gasteiger partial charge is 0.271 e. The number of ether oxygens (including phenoxy) is 1. The Morgan fingerprint density at radius 1 is 1.28 bits per heavy atom. The van der Waals surface area contributed by atoms with Crippen LogP contribution in [0.4, 0.5) is 0 Å². The van der Waals surface area contributed by atoms with Crippen molar-refractivity contribution in [1.82, 2.24) is 20.0 Å². The highest BCUT2D eigenvalue weighted by Gasteiger charge is 2.19. The van der Waals surface area contributed by atoms with Crippen molar-refractivity contribution in [3.8, 4) is 5.75 Å². The maximum atomic E-state index is 12.6. The van der Waals surface area contributed by atoms with Crippen LogP contribution in [0.15, 0.2) is 47.3 Å². The molecule has 2 aromatic rings. The van der Waals surface area contributed by atoms with Gasteiger partial charge in [-0.1, -0.05) is 25.1 Å². The Morgan fingerprint density at radius 3 is 2.83 bits per heavy atom. The summed E-state index contributed by atoms with van der Waals surface area (Å²) in [6, 6.07) is 12.2. The number of likely N-dealkylation sites (tertiary alicyclic amines) is 1. The number of para-hydroxylation sites is 1. The van der Waals surface area contributed by atoms with Gasteiger partial charge in [0, 0.05) is 25.2 Å². The zero-order valence-electron chi connectivity index (χ0n) is 17.2. The quantitative estimate of drug-likeness (QED) is 0.738. The van der Waals surface area contributed by atoms with Gasteiger partial charge in [0.2, 0.25) is 0 Å². The number of hydrogen-bond acceptors (Lipinski definition) is 5. The molecule has 0 aliphatic carbocycles. The lowest BCUT2D eigenvalue weighted by molar-refractivity contribution is 0.0912. The molecule has 3 rings (SSSR count). The van der Waals surface area contributed by atoms with Gasteiger partial charge in [-0.05, 0) is 50.4 Å². The summed E-state index contributed by atoms with van der Waals surface area (Å²) in [6.07, 6.45) is 2.48. The molecule has 0 spiro atoms. The molecule has 1 fully saturated rings. The van der Waals surface area contributed by atoms with Crippen LogP contribution in [-0.4, -0.2) is 52.9 Å². The van der Waals surface area contributed by atoms with Gasteiger partial charge in [0.1, 0.15) is 18.1 Å². The largest absolute Gasteiger partial charge is 0.492 e. The predicted octanol–water partition coefficient (Wildman–Crippen LogP) is 2.17. The molecule has 2 heterocycles. The van der Waals surface area contributed by atoms with Crippen LogP contribution in [0.1, 0.15) is 37.2 Å². The molecule has 2 atom stereocenters. The van der Waals surface area contributed by atoms with Crippen LogP contribution < -0.4 is 15.6 Å². The minimum atomic E-state index is -0.264. The molecule has 2 unspecified atom stereocenters. The van der Waals surface area contributed by atoms with Crippen LogP contribution >= 0.6 is 0 Å². The van der Waals surface area contributed by atoms with E-state index in [0.717, 1.165) is 25.4 Å². The van der Waals surface area contributed by atoms with Crippen molar-refractivity contribution in [2.24, 2.45) is 5.92 Å². The van der Waals surface area contributed by atoms with E-state index in [1.165, 1.54) is 29.7 Å². The third kappa shape index (κ3) is 6.42. The van der Waals surface area contributed by atoms with Crippen LogP contribution in [0.3, 0.4) is 0 Å². The summed E-state index contributed by atoms with van der Waals surface area (Å²) in [5.41, 5.74) is -0.0169. The third-order valence-electron chi connectivity index (χ3n) is 5.06. The molecule has 1 aliphatic rings. The molecule has 0 bridgehead atoms. The highest BCUT2D eigenvalue weighted by Crippen LogP contribution is 2.15. The van der Waals surface area contributed by atoms with Gasteiger partial charge in [-0.3, -0.25) is 9.59 Å². The summed E-state index contributed by atoms with van der Waals surface area (Å²) in [7, 11) is 0. The van der Waals surface area contributed by atoms with E-state index in [9.17, 15) is 9.59 Å². The maximum absolute atomic E-state index is 12.6. The zero-order chi connectivity index (χ0) is 20.6. The Kier molecular flexibility index (Phi) is 7.41. The number of rotatable bonds is 8. The molecular formula is C22H30N4O3. The first-order chi connectivity index (χ1) is 14.0. The normalized spacial score (nSPS) is 18.2. The number of nitrogens with zero attached hydrogens (tertiary/aromatic N) is 3. The van der Waals surface area contributed by atoms with Gasteiger partial charge in [0.05, 0.1) is 6.54 Å². The van der Waals surface area contributed by atoms with Crippen molar-refractivity contribution in [3.05, 3.63) is 58.5 Å². The predicted molar refractivity (Wildman–Crippen MR) is 112 cm³/mol. The van der Waals surface area contributed by atoms with Crippen LogP contribution in [0.25, 0.3) is 0 Å². The van der Waals surface area contributed by atoms with Gasteiger partial charge in [-0.15, -0.1) is 0 Å². The van der Waals surface area contributed by atoms with Gasteiger partial charge in [-0.2, -0.15) is 5.10 Å². The Hall–Kier alpha value is -2.67. The molecule has 0 saturated carbocycles. The van der Waals surface area contributed by atoms with Crippen molar-refractivity contribution in [2.45, 2.75) is 39.3 Å². The topological polar surface area (TPSA) is 76.5 Å². The number of aromatic nitrogens is 2. The van der Waals surface area contributed by atoms with Gasteiger partial charge in [-0.25, -0.2) is 4.68 Å². The van der Waals surface area contributed by atoms with Crippen molar-refractivity contribution in [2.75, 3.05) is 26.2 Å². The molecule has 1 amide bonds. The number of piperidine rings is 1. The zero-order valence-corrected chi connectivity index (χ0v) is 17.2. The molecule has 1 saturated heterocycles. The number of amides is 1. The molecule has 1 aromatic heterocycles. The molecule has 0 radical (unpaired) electrons. The highest BCUT2D eigenvalue weighted by atomic mass is 16.5. The summed E-state index contributed by atoms with van der Waals surface area (Å²) in [5, 5.41) is 7.21. The van der Waals surface area contributed by atoms with E-state index in [-0.39, 0.29) is 29.7 Å². The minimum absolute atomic E-state index is 0.0105. The Bertz CT molecular complexity index is 853. The van der Waals surface area contributed by atoms with Gasteiger partial charge in [0.25, 0.3) is 11.5 Å². The summed E-state index contributed by atoms with van der Waals surface area (Å²) < 4.78 is 6.89. The fourth-order valence-corrected chi connectivity index (χ4v) is 3.68. The molecule has 156 valence electrons. The number of carbonyl (C=O) groups excluding carboxylic acids is 1. The first-order valence-electron chi connectivity index (χ1n) is 10.3. The number of benzene rings is 1. The molecule has 1 aromatic carbocycles. The Morgan fingerprint density at radius 2 is 2.07 bits per heavy atom. The van der Waals surface area contributed by atoms with Gasteiger partial charge < -0.3 is 15.0 Å². The van der Waals surface area contributed by atoms with E-state index in [4.69, 9.17) is 4.74 Å². The lowest BCUT2D eigenvalue weighted by atomic mass is 10.00. The van der Waals surface area contributed by atoms with Gasteiger partial charge in [0.15, 0.2) is 0 Å². The van der Waals surface area contributed by atoms with Crippen molar-refractivity contribution >= 4 is 5.91 Å². The maximum Gasteiger partial charge on any atom is 0.271 e. The van der Waals surface area contributed by atoms with Crippen molar-refractivity contribution < 1.29 is 9.53 Å². The monoisotopic (exact) mass is 398 g/mol. The summed E-state index contributed by atoms with van der Waals surface area (Å²) in [5.74, 6) is 1.17. The molecule has 1 N–H and O–H groups in total. The minimum Gasteiger partial charge on any atom is -0.492 e. The second kappa shape index (κ2) is 10.2. The van der Waals surface area contributed by atoms with Crippen LogP contribution in [-0.2, 0) is 6.54 Å². The fourth-order valence-electron chi connectivity index (χ4n) is 3.68. The first-order valence-corrected chi connectivity index (χ1v) is 10.3. The SMILES string of the molecule is CC1CCCN(CC(C)NC(=O)c2ccc(=O)n(CCOc3ccccc3)n2)C1. The second-order valence-corrected chi connectivity index (χ2v) is 7.82. The fraction of sp³-hybridized carbons (Fsp3) is 0.500. The van der Waals surface area contributed by atoms with Crippen LogP contribution in [0.5, 0.6) is 5.75 Å². The Balaban J connectivity index is 1.53. The Labute approximate surface area is 171 Å². The van der Waals surface area contributed by atoms with E-state index < -0.39 is 0 Å². The summed E-state index contributed by atoms with van der Waals surface area (Å²) >= 11 is 0. The lowest BCUT2D eigenvalue weighted by Gasteiger charge is -2.32.